The lowest BCUT2D eigenvalue weighted by atomic mass is 10.3. The van der Waals surface area contributed by atoms with Crippen molar-refractivity contribution in [1.29, 1.82) is 0 Å². The van der Waals surface area contributed by atoms with E-state index >= 15 is 0 Å². The zero-order valence-corrected chi connectivity index (χ0v) is 9.80. The number of benzene rings is 1. The van der Waals surface area contributed by atoms with Crippen molar-refractivity contribution >= 4 is 22.2 Å². The van der Waals surface area contributed by atoms with Gasteiger partial charge in [0.25, 0.3) is 0 Å². The molecule has 0 amide bonds. The molecule has 2 rings (SSSR count). The number of nitrogens with zero attached hydrogens (tertiary/aromatic N) is 2. The highest BCUT2D eigenvalue weighted by Crippen LogP contribution is 2.26. The van der Waals surface area contributed by atoms with Gasteiger partial charge in [0, 0.05) is 13.1 Å². The Kier molecular flexibility index (Phi) is 3.03. The summed E-state index contributed by atoms with van der Waals surface area (Å²) in [6.45, 7) is 0.472. The van der Waals surface area contributed by atoms with Gasteiger partial charge in [0.15, 0.2) is 0 Å². The van der Waals surface area contributed by atoms with Gasteiger partial charge in [0.2, 0.25) is 0 Å². The van der Waals surface area contributed by atoms with Gasteiger partial charge in [-0.1, -0.05) is 0 Å². The molecule has 0 bridgehead atoms. The molecule has 0 spiro atoms. The summed E-state index contributed by atoms with van der Waals surface area (Å²) >= 11 is 0. The Morgan fingerprint density at radius 2 is 1.88 bits per heavy atom. The lowest BCUT2D eigenvalue weighted by Gasteiger charge is -2.18. The maximum atomic E-state index is 12.0. The molecule has 7 heteroatoms. The third kappa shape index (κ3) is 2.11. The summed E-state index contributed by atoms with van der Waals surface area (Å²) in [6, 6.07) is 5.90. The van der Waals surface area contributed by atoms with Gasteiger partial charge >= 0.3 is 10.2 Å². The van der Waals surface area contributed by atoms with E-state index in [4.69, 9.17) is 5.11 Å². The van der Waals surface area contributed by atoms with Crippen LogP contribution in [-0.4, -0.2) is 43.7 Å². The molecule has 0 aromatic heterocycles. The largest absolute Gasteiger partial charge is 0.508 e. The molecule has 0 unspecified atom stereocenters. The lowest BCUT2D eigenvalue weighted by molar-refractivity contribution is -0.108. The molecule has 1 saturated heterocycles. The molecule has 1 aliphatic heterocycles. The van der Waals surface area contributed by atoms with Gasteiger partial charge in [0.1, 0.15) is 12.0 Å². The molecule has 1 aliphatic rings. The topological polar surface area (TPSA) is 77.9 Å². The Morgan fingerprint density at radius 3 is 2.47 bits per heavy atom. The minimum atomic E-state index is -3.60. The lowest BCUT2D eigenvalue weighted by Crippen LogP contribution is -2.34. The van der Waals surface area contributed by atoms with E-state index < -0.39 is 10.2 Å². The zero-order valence-electron chi connectivity index (χ0n) is 8.98. The number of rotatable bonds is 3. The first-order valence-corrected chi connectivity index (χ1v) is 6.46. The van der Waals surface area contributed by atoms with Crippen LogP contribution in [0.3, 0.4) is 0 Å². The van der Waals surface area contributed by atoms with Gasteiger partial charge in [-0.15, -0.1) is 0 Å². The van der Waals surface area contributed by atoms with Gasteiger partial charge in [-0.25, -0.2) is 0 Å². The van der Waals surface area contributed by atoms with Crippen LogP contribution in [0, 0.1) is 0 Å². The number of carbonyl (C=O) groups is 1. The Hall–Kier alpha value is -1.60. The number of aldehydes is 1. The van der Waals surface area contributed by atoms with Crippen LogP contribution >= 0.6 is 0 Å². The van der Waals surface area contributed by atoms with Gasteiger partial charge in [-0.05, 0) is 24.3 Å². The van der Waals surface area contributed by atoms with E-state index in [9.17, 15) is 13.2 Å². The second-order valence-electron chi connectivity index (χ2n) is 3.62. The predicted octanol–water partition coefficient (Wildman–Crippen LogP) is -0.0421. The fourth-order valence-electron chi connectivity index (χ4n) is 1.72. The van der Waals surface area contributed by atoms with Crippen LogP contribution in [0.25, 0.3) is 0 Å². The average molecular weight is 256 g/mol. The van der Waals surface area contributed by atoms with Crippen molar-refractivity contribution in [3.63, 3.8) is 0 Å². The highest BCUT2D eigenvalue weighted by Gasteiger charge is 2.36. The van der Waals surface area contributed by atoms with Gasteiger partial charge < -0.3 is 9.90 Å². The maximum Gasteiger partial charge on any atom is 0.304 e. The summed E-state index contributed by atoms with van der Waals surface area (Å²) in [4.78, 5) is 10.4. The summed E-state index contributed by atoms with van der Waals surface area (Å²) in [5.41, 5.74) is 0.483. The zero-order chi connectivity index (χ0) is 12.5. The van der Waals surface area contributed by atoms with Crippen molar-refractivity contribution in [2.75, 3.05) is 23.9 Å². The Morgan fingerprint density at radius 1 is 1.24 bits per heavy atom. The number of anilines is 1. The molecule has 6 nitrogen and oxygen atoms in total. The average Bonchev–Trinajstić information content (AvgIpc) is 2.57. The fourth-order valence-corrected chi connectivity index (χ4v) is 3.26. The number of aromatic hydroxyl groups is 1. The van der Waals surface area contributed by atoms with Crippen molar-refractivity contribution in [3.8, 4) is 5.75 Å². The van der Waals surface area contributed by atoms with E-state index in [0.29, 0.717) is 25.1 Å². The van der Waals surface area contributed by atoms with Crippen molar-refractivity contribution in [3.05, 3.63) is 24.3 Å². The summed E-state index contributed by atoms with van der Waals surface area (Å²) in [5.74, 6) is 0.0788. The number of hydrogen-bond donors (Lipinski definition) is 1. The Balaban J connectivity index is 2.30. The smallest absolute Gasteiger partial charge is 0.304 e. The molecule has 1 heterocycles. The van der Waals surface area contributed by atoms with Gasteiger partial charge in [-0.2, -0.15) is 12.7 Å². The first-order valence-electron chi connectivity index (χ1n) is 5.06. The molecule has 92 valence electrons. The minimum absolute atomic E-state index is 0.0788. The molecule has 17 heavy (non-hydrogen) atoms. The van der Waals surface area contributed by atoms with Crippen LogP contribution in [0.1, 0.15) is 0 Å². The van der Waals surface area contributed by atoms with Crippen LogP contribution in [-0.2, 0) is 15.0 Å². The SMILES string of the molecule is O=CCN1CCN(c2ccc(O)cc2)S1(=O)=O. The highest BCUT2D eigenvalue weighted by molar-refractivity contribution is 7.90. The standard InChI is InChI=1S/C10H12N2O4S/c13-8-7-11-5-6-12(17(11,15)16)9-1-3-10(14)4-2-9/h1-4,8,14H,5-7H2. The molecule has 0 aliphatic carbocycles. The molecule has 1 N–H and O–H groups in total. The summed E-state index contributed by atoms with van der Waals surface area (Å²) in [7, 11) is -3.60. The van der Waals surface area contributed by atoms with Crippen molar-refractivity contribution in [2.24, 2.45) is 0 Å². The number of hydrogen-bond acceptors (Lipinski definition) is 4. The Bertz CT molecular complexity index is 512. The minimum Gasteiger partial charge on any atom is -0.508 e. The molecule has 1 fully saturated rings. The number of carbonyl (C=O) groups excluding carboxylic acids is 1. The van der Waals surface area contributed by atoms with Gasteiger partial charge in [-0.3, -0.25) is 4.31 Å². The third-order valence-corrected chi connectivity index (χ3v) is 4.51. The van der Waals surface area contributed by atoms with Gasteiger partial charge in [0.05, 0.1) is 12.2 Å². The first-order chi connectivity index (χ1) is 8.05. The molecule has 0 radical (unpaired) electrons. The van der Waals surface area contributed by atoms with E-state index in [0.717, 1.165) is 4.31 Å². The van der Waals surface area contributed by atoms with Crippen LogP contribution in [0.2, 0.25) is 0 Å². The highest BCUT2D eigenvalue weighted by atomic mass is 32.2. The normalized spacial score (nSPS) is 19.4. The van der Waals surface area contributed by atoms with E-state index in [2.05, 4.69) is 0 Å². The third-order valence-electron chi connectivity index (χ3n) is 2.57. The van der Waals surface area contributed by atoms with Crippen molar-refractivity contribution in [2.45, 2.75) is 0 Å². The quantitative estimate of drug-likeness (QED) is 0.770. The van der Waals surface area contributed by atoms with Crippen molar-refractivity contribution in [1.82, 2.24) is 4.31 Å². The molecule has 0 atom stereocenters. The van der Waals surface area contributed by atoms with Crippen LogP contribution < -0.4 is 4.31 Å². The molecule has 1 aromatic carbocycles. The summed E-state index contributed by atoms with van der Waals surface area (Å²) in [5, 5.41) is 9.14. The monoisotopic (exact) mass is 256 g/mol. The van der Waals surface area contributed by atoms with Crippen LogP contribution in [0.5, 0.6) is 5.75 Å². The number of phenols is 1. The second-order valence-corrected chi connectivity index (χ2v) is 5.47. The predicted molar refractivity (Wildman–Crippen MR) is 62.0 cm³/mol. The van der Waals surface area contributed by atoms with Crippen LogP contribution in [0.15, 0.2) is 24.3 Å². The molecular weight excluding hydrogens is 244 g/mol. The maximum absolute atomic E-state index is 12.0. The first kappa shape index (κ1) is 11.9. The number of phenolic OH excluding ortho intramolecular Hbond substituents is 1. The Labute approximate surface area is 99.3 Å². The molecule has 0 saturated carbocycles. The van der Waals surface area contributed by atoms with E-state index in [1.165, 1.54) is 28.6 Å². The summed E-state index contributed by atoms with van der Waals surface area (Å²) < 4.78 is 26.3. The molecule has 1 aromatic rings. The van der Waals surface area contributed by atoms with Crippen LogP contribution in [0.4, 0.5) is 5.69 Å². The van der Waals surface area contributed by atoms with Crippen molar-refractivity contribution < 1.29 is 18.3 Å². The van der Waals surface area contributed by atoms with E-state index in [1.54, 1.807) is 0 Å². The van der Waals surface area contributed by atoms with E-state index in [1.807, 2.05) is 0 Å². The summed E-state index contributed by atoms with van der Waals surface area (Å²) in [6.07, 6.45) is 0.567. The van der Waals surface area contributed by atoms with E-state index in [-0.39, 0.29) is 12.3 Å². The molecular formula is C10H12N2O4S. The fraction of sp³-hybridized carbons (Fsp3) is 0.300. The second kappa shape index (κ2) is 4.34.